The van der Waals surface area contributed by atoms with Crippen molar-refractivity contribution in [1.82, 2.24) is 5.32 Å². The Morgan fingerprint density at radius 3 is 2.75 bits per heavy atom. The maximum absolute atomic E-state index is 5.81. The van der Waals surface area contributed by atoms with Crippen LogP contribution in [-0.4, -0.2) is 24.8 Å². The summed E-state index contributed by atoms with van der Waals surface area (Å²) in [6, 6.07) is 0.609. The van der Waals surface area contributed by atoms with Crippen LogP contribution in [0.4, 0.5) is 0 Å². The Bertz CT molecular complexity index is 125. The van der Waals surface area contributed by atoms with Crippen LogP contribution >= 0.6 is 0 Å². The molecule has 1 fully saturated rings. The molecule has 2 nitrogen and oxygen atoms in total. The van der Waals surface area contributed by atoms with Gasteiger partial charge in [-0.2, -0.15) is 0 Å². The highest BCUT2D eigenvalue weighted by molar-refractivity contribution is 4.83. The molecule has 72 valence electrons. The zero-order valence-electron chi connectivity index (χ0n) is 8.47. The summed E-state index contributed by atoms with van der Waals surface area (Å²) in [7, 11) is 0. The summed E-state index contributed by atoms with van der Waals surface area (Å²) in [5.74, 6) is 0. The van der Waals surface area contributed by atoms with Gasteiger partial charge in [0.2, 0.25) is 0 Å². The van der Waals surface area contributed by atoms with E-state index in [0.29, 0.717) is 18.2 Å². The van der Waals surface area contributed by atoms with Crippen molar-refractivity contribution in [2.75, 3.05) is 6.54 Å². The Hall–Kier alpha value is -0.0800. The minimum atomic E-state index is 0.370. The lowest BCUT2D eigenvalue weighted by Crippen LogP contribution is -2.38. The van der Waals surface area contributed by atoms with Crippen molar-refractivity contribution < 1.29 is 4.74 Å². The van der Waals surface area contributed by atoms with E-state index in [0.717, 1.165) is 6.54 Å². The van der Waals surface area contributed by atoms with Crippen molar-refractivity contribution in [2.24, 2.45) is 0 Å². The quantitative estimate of drug-likeness (QED) is 0.698. The van der Waals surface area contributed by atoms with Gasteiger partial charge in [-0.3, -0.25) is 0 Å². The Balaban J connectivity index is 2.30. The molecule has 0 spiro atoms. The van der Waals surface area contributed by atoms with Gasteiger partial charge in [-0.05, 0) is 39.7 Å². The lowest BCUT2D eigenvalue weighted by atomic mass is 10.2. The van der Waals surface area contributed by atoms with Crippen molar-refractivity contribution in [1.29, 1.82) is 0 Å². The first kappa shape index (κ1) is 10.0. The van der Waals surface area contributed by atoms with Crippen LogP contribution < -0.4 is 5.32 Å². The molecule has 0 aromatic heterocycles. The summed E-state index contributed by atoms with van der Waals surface area (Å²) in [6.07, 6.45) is 4.66. The van der Waals surface area contributed by atoms with Gasteiger partial charge in [-0.1, -0.05) is 6.92 Å². The monoisotopic (exact) mass is 171 g/mol. The SMILES string of the molecule is CCN[C@@H]1CCC[C@@H]1OC(C)C. The molecule has 0 radical (unpaired) electrons. The maximum atomic E-state index is 5.81. The fourth-order valence-corrected chi connectivity index (χ4v) is 1.93. The van der Waals surface area contributed by atoms with Gasteiger partial charge in [0.15, 0.2) is 0 Å². The second-order valence-electron chi connectivity index (χ2n) is 3.82. The number of hydrogen-bond donors (Lipinski definition) is 1. The van der Waals surface area contributed by atoms with Crippen LogP contribution in [0.5, 0.6) is 0 Å². The summed E-state index contributed by atoms with van der Waals surface area (Å²) in [5.41, 5.74) is 0. The molecular formula is C10H21NO. The molecule has 0 saturated heterocycles. The first-order chi connectivity index (χ1) is 5.74. The molecule has 1 N–H and O–H groups in total. The summed E-state index contributed by atoms with van der Waals surface area (Å²) in [4.78, 5) is 0. The van der Waals surface area contributed by atoms with E-state index >= 15 is 0 Å². The molecule has 1 aliphatic carbocycles. The van der Waals surface area contributed by atoms with Crippen LogP contribution in [0.2, 0.25) is 0 Å². The van der Waals surface area contributed by atoms with E-state index in [-0.39, 0.29) is 0 Å². The standard InChI is InChI=1S/C10H21NO/c1-4-11-9-6-5-7-10(9)12-8(2)3/h8-11H,4-7H2,1-3H3/t9-,10+/m1/s1. The fourth-order valence-electron chi connectivity index (χ4n) is 1.93. The minimum absolute atomic E-state index is 0.370. The van der Waals surface area contributed by atoms with Crippen LogP contribution in [0.1, 0.15) is 40.0 Å². The average molecular weight is 171 g/mol. The Morgan fingerprint density at radius 1 is 1.42 bits per heavy atom. The van der Waals surface area contributed by atoms with Gasteiger partial charge in [-0.25, -0.2) is 0 Å². The van der Waals surface area contributed by atoms with Gasteiger partial charge in [0.25, 0.3) is 0 Å². The molecule has 0 heterocycles. The molecule has 1 rings (SSSR count). The minimum Gasteiger partial charge on any atom is -0.374 e. The van der Waals surface area contributed by atoms with Crippen LogP contribution in [-0.2, 0) is 4.74 Å². The van der Waals surface area contributed by atoms with Crippen molar-refractivity contribution in [3.63, 3.8) is 0 Å². The smallest absolute Gasteiger partial charge is 0.0731 e. The van der Waals surface area contributed by atoms with Gasteiger partial charge in [0.05, 0.1) is 12.2 Å². The van der Waals surface area contributed by atoms with Crippen LogP contribution in [0, 0.1) is 0 Å². The predicted molar refractivity (Wildman–Crippen MR) is 51.3 cm³/mol. The molecule has 0 amide bonds. The molecule has 1 saturated carbocycles. The van der Waals surface area contributed by atoms with Gasteiger partial charge in [0, 0.05) is 6.04 Å². The van der Waals surface area contributed by atoms with Crippen molar-refractivity contribution in [3.8, 4) is 0 Å². The molecule has 12 heavy (non-hydrogen) atoms. The van der Waals surface area contributed by atoms with E-state index in [9.17, 15) is 0 Å². The number of nitrogens with one attached hydrogen (secondary N) is 1. The molecule has 0 bridgehead atoms. The number of ether oxygens (including phenoxy) is 1. The van der Waals surface area contributed by atoms with E-state index in [4.69, 9.17) is 4.74 Å². The molecule has 1 aliphatic rings. The highest BCUT2D eigenvalue weighted by atomic mass is 16.5. The molecule has 2 heteroatoms. The third kappa shape index (κ3) is 2.76. The molecular weight excluding hydrogens is 150 g/mol. The highest BCUT2D eigenvalue weighted by Crippen LogP contribution is 2.22. The largest absolute Gasteiger partial charge is 0.374 e. The van der Waals surface area contributed by atoms with Crippen molar-refractivity contribution in [2.45, 2.75) is 58.3 Å². The van der Waals surface area contributed by atoms with Crippen LogP contribution in [0.15, 0.2) is 0 Å². The summed E-state index contributed by atoms with van der Waals surface area (Å²) in [6.45, 7) is 7.44. The van der Waals surface area contributed by atoms with E-state index in [1.807, 2.05) is 0 Å². The number of likely N-dealkylation sites (N-methyl/N-ethyl adjacent to an activating group) is 1. The van der Waals surface area contributed by atoms with E-state index in [2.05, 4.69) is 26.1 Å². The van der Waals surface area contributed by atoms with Gasteiger partial charge in [-0.15, -0.1) is 0 Å². The second-order valence-corrected chi connectivity index (χ2v) is 3.82. The molecule has 0 aromatic carbocycles. The van der Waals surface area contributed by atoms with E-state index in [1.165, 1.54) is 19.3 Å². The second kappa shape index (κ2) is 4.83. The van der Waals surface area contributed by atoms with Gasteiger partial charge >= 0.3 is 0 Å². The van der Waals surface area contributed by atoms with Crippen molar-refractivity contribution in [3.05, 3.63) is 0 Å². The number of rotatable bonds is 4. The normalized spacial score (nSPS) is 30.0. The maximum Gasteiger partial charge on any atom is 0.0731 e. The zero-order chi connectivity index (χ0) is 8.97. The highest BCUT2D eigenvalue weighted by Gasteiger charge is 2.27. The Labute approximate surface area is 75.7 Å². The summed E-state index contributed by atoms with van der Waals surface area (Å²) >= 11 is 0. The third-order valence-electron chi connectivity index (χ3n) is 2.37. The van der Waals surface area contributed by atoms with Crippen LogP contribution in [0.25, 0.3) is 0 Å². The third-order valence-corrected chi connectivity index (χ3v) is 2.37. The predicted octanol–water partition coefficient (Wildman–Crippen LogP) is 1.94. The fraction of sp³-hybridized carbons (Fsp3) is 1.00. The van der Waals surface area contributed by atoms with Gasteiger partial charge in [0.1, 0.15) is 0 Å². The molecule has 2 atom stereocenters. The first-order valence-electron chi connectivity index (χ1n) is 5.13. The Morgan fingerprint density at radius 2 is 2.17 bits per heavy atom. The average Bonchev–Trinajstić information content (AvgIpc) is 2.37. The van der Waals surface area contributed by atoms with Gasteiger partial charge < -0.3 is 10.1 Å². The summed E-state index contributed by atoms with van der Waals surface area (Å²) < 4.78 is 5.81. The lowest BCUT2D eigenvalue weighted by Gasteiger charge is -2.22. The zero-order valence-corrected chi connectivity index (χ0v) is 8.47. The molecule has 0 aromatic rings. The van der Waals surface area contributed by atoms with E-state index < -0.39 is 0 Å². The molecule has 0 aliphatic heterocycles. The first-order valence-corrected chi connectivity index (χ1v) is 5.13. The Kier molecular flexibility index (Phi) is 4.02. The van der Waals surface area contributed by atoms with Crippen LogP contribution in [0.3, 0.4) is 0 Å². The number of hydrogen-bond acceptors (Lipinski definition) is 2. The lowest BCUT2D eigenvalue weighted by molar-refractivity contribution is -0.00203. The topological polar surface area (TPSA) is 21.3 Å². The van der Waals surface area contributed by atoms with Crippen molar-refractivity contribution >= 4 is 0 Å². The van der Waals surface area contributed by atoms with E-state index in [1.54, 1.807) is 0 Å². The summed E-state index contributed by atoms with van der Waals surface area (Å²) in [5, 5.41) is 3.47. The molecule has 0 unspecified atom stereocenters.